The molecule has 16 heavy (non-hydrogen) atoms. The first-order valence-corrected chi connectivity index (χ1v) is 4.80. The lowest BCUT2D eigenvalue weighted by atomic mass is 10.1. The molecule has 4 heteroatoms. The Kier molecular flexibility index (Phi) is 2.71. The maximum absolute atomic E-state index is 11.7. The number of imide groups is 1. The van der Waals surface area contributed by atoms with Crippen molar-refractivity contribution in [3.63, 3.8) is 0 Å². The van der Waals surface area contributed by atoms with Crippen molar-refractivity contribution in [1.29, 1.82) is 0 Å². The molecule has 4 nitrogen and oxygen atoms in total. The quantitative estimate of drug-likeness (QED) is 0.433. The number of amides is 2. The fourth-order valence-corrected chi connectivity index (χ4v) is 1.48. The molecule has 0 N–H and O–H groups in total. The highest BCUT2D eigenvalue weighted by Crippen LogP contribution is 2.22. The van der Waals surface area contributed by atoms with Crippen LogP contribution in [0.25, 0.3) is 0 Å². The van der Waals surface area contributed by atoms with E-state index in [-0.39, 0.29) is 6.61 Å². The zero-order chi connectivity index (χ0) is 11.5. The second-order valence-corrected chi connectivity index (χ2v) is 3.24. The lowest BCUT2D eigenvalue weighted by Crippen LogP contribution is -2.30. The monoisotopic (exact) mass is 215 g/mol. The van der Waals surface area contributed by atoms with Crippen LogP contribution in [-0.2, 0) is 4.84 Å². The van der Waals surface area contributed by atoms with Gasteiger partial charge < -0.3 is 0 Å². The first-order valence-electron chi connectivity index (χ1n) is 4.80. The fraction of sp³-hybridized carbons (Fsp3) is 0.167. The summed E-state index contributed by atoms with van der Waals surface area (Å²) < 4.78 is 0. The number of hydrogen-bond acceptors (Lipinski definition) is 3. The lowest BCUT2D eigenvalue weighted by molar-refractivity contribution is -0.0892. The number of carbonyl (C=O) groups excluding carboxylic acids is 2. The van der Waals surface area contributed by atoms with Crippen molar-refractivity contribution in [2.45, 2.75) is 6.42 Å². The summed E-state index contributed by atoms with van der Waals surface area (Å²) in [6.45, 7) is 0.155. The first-order chi connectivity index (χ1) is 7.75. The number of terminal acetylenes is 1. The molecule has 0 bridgehead atoms. The van der Waals surface area contributed by atoms with Crippen molar-refractivity contribution in [3.8, 4) is 12.3 Å². The molecule has 0 aliphatic carbocycles. The van der Waals surface area contributed by atoms with E-state index in [4.69, 9.17) is 11.3 Å². The van der Waals surface area contributed by atoms with Gasteiger partial charge in [0, 0.05) is 6.42 Å². The van der Waals surface area contributed by atoms with Gasteiger partial charge in [-0.25, -0.2) is 0 Å². The third kappa shape index (κ3) is 1.58. The van der Waals surface area contributed by atoms with Gasteiger partial charge in [0.2, 0.25) is 0 Å². The van der Waals surface area contributed by atoms with Crippen LogP contribution in [-0.4, -0.2) is 23.5 Å². The summed E-state index contributed by atoms with van der Waals surface area (Å²) in [6.07, 6.45) is 5.40. The van der Waals surface area contributed by atoms with Crippen molar-refractivity contribution in [2.24, 2.45) is 0 Å². The molecule has 2 rings (SSSR count). The van der Waals surface area contributed by atoms with Crippen LogP contribution in [0.4, 0.5) is 0 Å². The Hall–Kier alpha value is -2.12. The Morgan fingerprint density at radius 1 is 1.19 bits per heavy atom. The Morgan fingerprint density at radius 3 is 2.25 bits per heavy atom. The normalized spacial score (nSPS) is 13.8. The Bertz CT molecular complexity index is 452. The molecule has 0 aromatic heterocycles. The van der Waals surface area contributed by atoms with Crippen molar-refractivity contribution in [2.75, 3.05) is 6.61 Å². The number of benzene rings is 1. The highest BCUT2D eigenvalue weighted by Gasteiger charge is 2.36. The van der Waals surface area contributed by atoms with Crippen LogP contribution in [0.1, 0.15) is 27.1 Å². The van der Waals surface area contributed by atoms with E-state index in [2.05, 4.69) is 5.92 Å². The Labute approximate surface area is 92.8 Å². The lowest BCUT2D eigenvalue weighted by Gasteiger charge is -2.11. The predicted octanol–water partition coefficient (Wildman–Crippen LogP) is 1.24. The van der Waals surface area contributed by atoms with Crippen LogP contribution in [0.5, 0.6) is 0 Å². The maximum atomic E-state index is 11.7. The second-order valence-electron chi connectivity index (χ2n) is 3.24. The number of carbonyl (C=O) groups is 2. The molecule has 1 heterocycles. The maximum Gasteiger partial charge on any atom is 0.285 e. The molecule has 0 spiro atoms. The highest BCUT2D eigenvalue weighted by molar-refractivity contribution is 6.20. The molecule has 0 unspecified atom stereocenters. The van der Waals surface area contributed by atoms with E-state index in [0.717, 1.165) is 5.06 Å². The molecular formula is C12H9NO3. The summed E-state index contributed by atoms with van der Waals surface area (Å²) in [4.78, 5) is 28.5. The molecule has 1 aliphatic heterocycles. The smallest absolute Gasteiger partial charge is 0.266 e. The van der Waals surface area contributed by atoms with Crippen LogP contribution < -0.4 is 0 Å². The molecule has 80 valence electrons. The molecule has 0 atom stereocenters. The minimum Gasteiger partial charge on any atom is -0.266 e. The number of nitrogens with zero attached hydrogens (tertiary/aromatic N) is 1. The van der Waals surface area contributed by atoms with Gasteiger partial charge in [-0.15, -0.1) is 17.4 Å². The van der Waals surface area contributed by atoms with Gasteiger partial charge >= 0.3 is 0 Å². The molecule has 0 saturated carbocycles. The van der Waals surface area contributed by atoms with E-state index >= 15 is 0 Å². The van der Waals surface area contributed by atoms with Crippen molar-refractivity contribution in [3.05, 3.63) is 35.4 Å². The van der Waals surface area contributed by atoms with Gasteiger partial charge in [-0.3, -0.25) is 14.4 Å². The molecule has 1 aliphatic rings. The largest absolute Gasteiger partial charge is 0.285 e. The molecule has 0 fully saturated rings. The van der Waals surface area contributed by atoms with Gasteiger partial charge in [0.25, 0.3) is 11.8 Å². The van der Waals surface area contributed by atoms with Crippen LogP contribution in [0.2, 0.25) is 0 Å². The van der Waals surface area contributed by atoms with Crippen LogP contribution in [0.3, 0.4) is 0 Å². The third-order valence-electron chi connectivity index (χ3n) is 2.22. The number of hydroxylamine groups is 2. The third-order valence-corrected chi connectivity index (χ3v) is 2.22. The van der Waals surface area contributed by atoms with E-state index in [1.54, 1.807) is 24.3 Å². The average molecular weight is 215 g/mol. The minimum atomic E-state index is -0.433. The molecule has 1 aromatic carbocycles. The summed E-state index contributed by atoms with van der Waals surface area (Å²) >= 11 is 0. The summed E-state index contributed by atoms with van der Waals surface area (Å²) in [5.41, 5.74) is 0.737. The topological polar surface area (TPSA) is 46.6 Å². The van der Waals surface area contributed by atoms with Gasteiger partial charge in [-0.1, -0.05) is 12.1 Å². The van der Waals surface area contributed by atoms with E-state index in [1.807, 2.05) is 0 Å². The van der Waals surface area contributed by atoms with E-state index in [1.165, 1.54) is 0 Å². The van der Waals surface area contributed by atoms with E-state index in [9.17, 15) is 9.59 Å². The summed E-state index contributed by atoms with van der Waals surface area (Å²) in [6, 6.07) is 6.60. The van der Waals surface area contributed by atoms with Gasteiger partial charge in [-0.05, 0) is 12.1 Å². The summed E-state index contributed by atoms with van der Waals surface area (Å²) in [7, 11) is 0. The van der Waals surface area contributed by atoms with Crippen molar-refractivity contribution in [1.82, 2.24) is 5.06 Å². The first kappa shape index (κ1) is 10.4. The fourth-order valence-electron chi connectivity index (χ4n) is 1.48. The van der Waals surface area contributed by atoms with Gasteiger partial charge in [0.15, 0.2) is 0 Å². The minimum absolute atomic E-state index is 0.155. The van der Waals surface area contributed by atoms with Gasteiger partial charge in [0.05, 0.1) is 17.7 Å². The SMILES string of the molecule is C#CCCON1C(=O)c2ccccc2C1=O. The molecule has 1 aromatic rings. The second kappa shape index (κ2) is 4.17. The van der Waals surface area contributed by atoms with E-state index < -0.39 is 11.8 Å². The van der Waals surface area contributed by atoms with E-state index in [0.29, 0.717) is 17.5 Å². The standard InChI is InChI=1S/C12H9NO3/c1-2-3-8-16-13-11(14)9-6-4-5-7-10(9)12(13)15/h1,4-7H,3,8H2. The molecular weight excluding hydrogens is 206 g/mol. The van der Waals surface area contributed by atoms with Gasteiger partial charge in [0.1, 0.15) is 0 Å². The van der Waals surface area contributed by atoms with Crippen LogP contribution in [0.15, 0.2) is 24.3 Å². The highest BCUT2D eigenvalue weighted by atomic mass is 16.7. The number of fused-ring (bicyclic) bond motifs is 1. The van der Waals surface area contributed by atoms with Crippen LogP contribution >= 0.6 is 0 Å². The summed E-state index contributed by atoms with van der Waals surface area (Å²) in [5, 5.41) is 0.766. The number of rotatable bonds is 3. The number of hydrogen-bond donors (Lipinski definition) is 0. The van der Waals surface area contributed by atoms with Gasteiger partial charge in [-0.2, -0.15) is 0 Å². The van der Waals surface area contributed by atoms with Crippen LogP contribution in [0, 0.1) is 12.3 Å². The van der Waals surface area contributed by atoms with Crippen molar-refractivity contribution < 1.29 is 14.4 Å². The summed E-state index contributed by atoms with van der Waals surface area (Å²) in [5.74, 6) is 1.50. The Balaban J connectivity index is 2.19. The zero-order valence-corrected chi connectivity index (χ0v) is 8.47. The average Bonchev–Trinajstić information content (AvgIpc) is 2.55. The Morgan fingerprint density at radius 2 is 1.75 bits per heavy atom. The molecule has 0 radical (unpaired) electrons. The van der Waals surface area contributed by atoms with Crippen molar-refractivity contribution >= 4 is 11.8 Å². The molecule has 2 amide bonds. The molecule has 0 saturated heterocycles. The zero-order valence-electron chi connectivity index (χ0n) is 8.47. The predicted molar refractivity (Wildman–Crippen MR) is 56.3 cm³/mol.